The first kappa shape index (κ1) is 14.6. The number of halogens is 1. The van der Waals surface area contributed by atoms with Crippen LogP contribution in [0.4, 0.5) is 0 Å². The average molecular weight is 304 g/mol. The van der Waals surface area contributed by atoms with E-state index in [-0.39, 0.29) is 0 Å². The van der Waals surface area contributed by atoms with Crippen LogP contribution in [0.25, 0.3) is 0 Å². The fourth-order valence-electron chi connectivity index (χ4n) is 3.38. The van der Waals surface area contributed by atoms with Gasteiger partial charge in [-0.15, -0.1) is 0 Å². The minimum Gasteiger partial charge on any atom is -0.334 e. The van der Waals surface area contributed by atoms with Gasteiger partial charge in [0, 0.05) is 41.8 Å². The smallest absolute Gasteiger partial charge is 0.0948 e. The molecule has 112 valence electrons. The van der Waals surface area contributed by atoms with Crippen LogP contribution in [0.5, 0.6) is 0 Å². The second-order valence-corrected chi connectivity index (χ2v) is 6.15. The lowest BCUT2D eigenvalue weighted by Crippen LogP contribution is -2.35. The second-order valence-electron chi connectivity index (χ2n) is 5.74. The van der Waals surface area contributed by atoms with Gasteiger partial charge in [-0.1, -0.05) is 36.7 Å². The van der Waals surface area contributed by atoms with Crippen molar-refractivity contribution in [2.24, 2.45) is 0 Å². The first-order valence-corrected chi connectivity index (χ1v) is 8.14. The fourth-order valence-corrected chi connectivity index (χ4v) is 3.66. The van der Waals surface area contributed by atoms with Crippen LogP contribution in [-0.2, 0) is 6.54 Å². The highest BCUT2D eigenvalue weighted by molar-refractivity contribution is 6.31. The molecule has 4 heteroatoms. The minimum absolute atomic E-state index is 0.416. The molecule has 0 spiro atoms. The van der Waals surface area contributed by atoms with Gasteiger partial charge in [0.1, 0.15) is 0 Å². The van der Waals surface area contributed by atoms with Crippen LogP contribution in [-0.4, -0.2) is 22.6 Å². The van der Waals surface area contributed by atoms with Crippen molar-refractivity contribution in [2.45, 2.75) is 38.1 Å². The SMILES string of the molecule is CCCn1cncc1C1CCNCC1c1ccccc1Cl. The topological polar surface area (TPSA) is 29.9 Å². The molecule has 0 aliphatic carbocycles. The zero-order chi connectivity index (χ0) is 14.7. The Morgan fingerprint density at radius 3 is 3.00 bits per heavy atom. The maximum Gasteiger partial charge on any atom is 0.0948 e. The summed E-state index contributed by atoms with van der Waals surface area (Å²) in [6.07, 6.45) is 6.26. The van der Waals surface area contributed by atoms with Gasteiger partial charge in [0.2, 0.25) is 0 Å². The predicted molar refractivity (Wildman–Crippen MR) is 86.9 cm³/mol. The number of piperidine rings is 1. The van der Waals surface area contributed by atoms with Crippen LogP contribution in [0.3, 0.4) is 0 Å². The van der Waals surface area contributed by atoms with Crippen molar-refractivity contribution in [3.8, 4) is 0 Å². The molecule has 2 heterocycles. The number of aryl methyl sites for hydroxylation is 1. The first-order chi connectivity index (χ1) is 10.3. The zero-order valence-electron chi connectivity index (χ0n) is 12.4. The highest BCUT2D eigenvalue weighted by Gasteiger charge is 2.30. The third-order valence-corrected chi connectivity index (χ3v) is 4.72. The third kappa shape index (κ3) is 2.99. The molecular formula is C17H22ClN3. The molecule has 0 amide bonds. The summed E-state index contributed by atoms with van der Waals surface area (Å²) in [5.74, 6) is 0.903. The van der Waals surface area contributed by atoms with Crippen LogP contribution < -0.4 is 5.32 Å². The molecule has 1 aromatic carbocycles. The summed E-state index contributed by atoms with van der Waals surface area (Å²) in [6, 6.07) is 8.23. The van der Waals surface area contributed by atoms with Crippen molar-refractivity contribution < 1.29 is 0 Å². The third-order valence-electron chi connectivity index (χ3n) is 4.38. The number of imidazole rings is 1. The molecule has 2 unspecified atom stereocenters. The Labute approximate surface area is 131 Å². The second kappa shape index (κ2) is 6.63. The highest BCUT2D eigenvalue weighted by Crippen LogP contribution is 2.39. The summed E-state index contributed by atoms with van der Waals surface area (Å²) in [5.41, 5.74) is 2.60. The number of aromatic nitrogens is 2. The van der Waals surface area contributed by atoms with E-state index in [1.54, 1.807) is 0 Å². The van der Waals surface area contributed by atoms with Crippen molar-refractivity contribution in [3.05, 3.63) is 53.1 Å². The van der Waals surface area contributed by atoms with E-state index < -0.39 is 0 Å². The van der Waals surface area contributed by atoms with Gasteiger partial charge in [0.25, 0.3) is 0 Å². The summed E-state index contributed by atoms with van der Waals surface area (Å²) in [6.45, 7) is 5.28. The number of benzene rings is 1. The van der Waals surface area contributed by atoms with E-state index >= 15 is 0 Å². The first-order valence-electron chi connectivity index (χ1n) is 7.76. The summed E-state index contributed by atoms with van der Waals surface area (Å²) >= 11 is 6.44. The average Bonchev–Trinajstić information content (AvgIpc) is 2.96. The molecule has 3 rings (SSSR count). The van der Waals surface area contributed by atoms with Crippen LogP contribution in [0.2, 0.25) is 5.02 Å². The Morgan fingerprint density at radius 1 is 1.33 bits per heavy atom. The molecule has 0 saturated carbocycles. The van der Waals surface area contributed by atoms with Gasteiger partial charge in [0.15, 0.2) is 0 Å². The quantitative estimate of drug-likeness (QED) is 0.931. The molecule has 2 atom stereocenters. The van der Waals surface area contributed by atoms with Gasteiger partial charge in [-0.05, 0) is 31.0 Å². The van der Waals surface area contributed by atoms with Crippen molar-refractivity contribution >= 4 is 11.6 Å². The van der Waals surface area contributed by atoms with Gasteiger partial charge in [-0.2, -0.15) is 0 Å². The van der Waals surface area contributed by atoms with Crippen molar-refractivity contribution in [3.63, 3.8) is 0 Å². The van der Waals surface area contributed by atoms with E-state index in [2.05, 4.69) is 33.9 Å². The summed E-state index contributed by atoms with van der Waals surface area (Å²) in [4.78, 5) is 4.38. The molecule has 1 saturated heterocycles. The molecule has 1 fully saturated rings. The van der Waals surface area contributed by atoms with Gasteiger partial charge in [-0.25, -0.2) is 4.98 Å². The molecule has 21 heavy (non-hydrogen) atoms. The van der Waals surface area contributed by atoms with Gasteiger partial charge >= 0.3 is 0 Å². The van der Waals surface area contributed by atoms with Gasteiger partial charge < -0.3 is 9.88 Å². The Morgan fingerprint density at radius 2 is 2.19 bits per heavy atom. The molecule has 3 nitrogen and oxygen atoms in total. The molecular weight excluding hydrogens is 282 g/mol. The van der Waals surface area contributed by atoms with E-state index in [4.69, 9.17) is 11.6 Å². The monoisotopic (exact) mass is 303 g/mol. The Bertz CT molecular complexity index is 593. The number of nitrogens with one attached hydrogen (secondary N) is 1. The molecule has 1 aromatic heterocycles. The number of hydrogen-bond acceptors (Lipinski definition) is 2. The van der Waals surface area contributed by atoms with Gasteiger partial charge in [0.05, 0.1) is 6.33 Å². The Hall–Kier alpha value is -1.32. The highest BCUT2D eigenvalue weighted by atomic mass is 35.5. The maximum absolute atomic E-state index is 6.44. The van der Waals surface area contributed by atoms with Crippen LogP contribution in [0.1, 0.15) is 42.9 Å². The van der Waals surface area contributed by atoms with Crippen molar-refractivity contribution in [1.29, 1.82) is 0 Å². The molecule has 1 N–H and O–H groups in total. The number of rotatable bonds is 4. The Kier molecular flexibility index (Phi) is 4.61. The normalized spacial score (nSPS) is 22.4. The van der Waals surface area contributed by atoms with Crippen molar-refractivity contribution in [1.82, 2.24) is 14.9 Å². The molecule has 1 aliphatic heterocycles. The Balaban J connectivity index is 1.95. The largest absolute Gasteiger partial charge is 0.334 e. The fraction of sp³-hybridized carbons (Fsp3) is 0.471. The summed E-state index contributed by atoms with van der Waals surface area (Å²) in [7, 11) is 0. The molecule has 1 aliphatic rings. The van der Waals surface area contributed by atoms with E-state index in [0.29, 0.717) is 11.8 Å². The van der Waals surface area contributed by atoms with E-state index in [9.17, 15) is 0 Å². The van der Waals surface area contributed by atoms with Crippen LogP contribution >= 0.6 is 11.6 Å². The van der Waals surface area contributed by atoms with Crippen molar-refractivity contribution in [2.75, 3.05) is 13.1 Å². The lowest BCUT2D eigenvalue weighted by molar-refractivity contribution is 0.387. The molecule has 0 bridgehead atoms. The van der Waals surface area contributed by atoms with E-state index in [1.807, 2.05) is 24.7 Å². The molecule has 2 aromatic rings. The number of nitrogens with zero attached hydrogens (tertiary/aromatic N) is 2. The standard InChI is InChI=1S/C17H22ClN3/c1-2-9-21-12-20-11-17(21)14-7-8-19-10-15(14)13-5-3-4-6-16(13)18/h3-6,11-12,14-15,19H,2,7-10H2,1H3. The van der Waals surface area contributed by atoms with Crippen LogP contribution in [0.15, 0.2) is 36.8 Å². The lowest BCUT2D eigenvalue weighted by atomic mass is 9.79. The maximum atomic E-state index is 6.44. The minimum atomic E-state index is 0.416. The van der Waals surface area contributed by atoms with E-state index in [1.165, 1.54) is 11.3 Å². The lowest BCUT2D eigenvalue weighted by Gasteiger charge is -2.33. The predicted octanol–water partition coefficient (Wildman–Crippen LogP) is 3.81. The summed E-state index contributed by atoms with van der Waals surface area (Å²) < 4.78 is 2.31. The zero-order valence-corrected chi connectivity index (χ0v) is 13.2. The summed E-state index contributed by atoms with van der Waals surface area (Å²) in [5, 5.41) is 4.39. The van der Waals surface area contributed by atoms with Gasteiger partial charge in [-0.3, -0.25) is 0 Å². The molecule has 0 radical (unpaired) electrons. The number of hydrogen-bond donors (Lipinski definition) is 1. The van der Waals surface area contributed by atoms with E-state index in [0.717, 1.165) is 37.5 Å². The van der Waals surface area contributed by atoms with Crippen LogP contribution in [0, 0.1) is 0 Å².